The van der Waals surface area contributed by atoms with E-state index in [1.807, 2.05) is 67.6 Å². The van der Waals surface area contributed by atoms with Gasteiger partial charge in [0, 0.05) is 19.5 Å². The molecule has 0 radical (unpaired) electrons. The van der Waals surface area contributed by atoms with Crippen molar-refractivity contribution in [3.05, 3.63) is 124 Å². The third-order valence-corrected chi connectivity index (χ3v) is 9.10. The smallest absolute Gasteiger partial charge is 0.244 e. The fourth-order valence-corrected chi connectivity index (χ4v) is 5.98. The van der Waals surface area contributed by atoms with Gasteiger partial charge in [0.15, 0.2) is 0 Å². The van der Waals surface area contributed by atoms with E-state index in [0.29, 0.717) is 33.7 Å². The molecule has 242 valence electrons. The molecule has 4 rings (SSSR count). The molecular formula is C35H37Cl2N3O5S. The number of halogens is 2. The lowest BCUT2D eigenvalue weighted by molar-refractivity contribution is -0.140. The second-order valence-corrected chi connectivity index (χ2v) is 13.5. The van der Waals surface area contributed by atoms with E-state index < -0.39 is 28.5 Å². The molecule has 4 aromatic carbocycles. The zero-order valence-corrected chi connectivity index (χ0v) is 28.1. The first kappa shape index (κ1) is 34.8. The molecule has 8 nitrogen and oxygen atoms in total. The largest absolute Gasteiger partial charge is 0.457 e. The Morgan fingerprint density at radius 2 is 1.46 bits per heavy atom. The molecule has 0 saturated heterocycles. The van der Waals surface area contributed by atoms with Crippen molar-refractivity contribution >= 4 is 50.7 Å². The molecule has 0 aliphatic heterocycles. The number of sulfonamides is 1. The van der Waals surface area contributed by atoms with Crippen LogP contribution in [0.2, 0.25) is 10.0 Å². The van der Waals surface area contributed by atoms with Crippen LogP contribution in [-0.2, 0) is 32.6 Å². The number of amides is 2. The highest BCUT2D eigenvalue weighted by Gasteiger charge is 2.33. The summed E-state index contributed by atoms with van der Waals surface area (Å²) < 4.78 is 33.1. The number of anilines is 1. The summed E-state index contributed by atoms with van der Waals surface area (Å²) >= 11 is 12.5. The van der Waals surface area contributed by atoms with Crippen molar-refractivity contribution in [2.45, 2.75) is 38.8 Å². The first-order valence-electron chi connectivity index (χ1n) is 14.9. The Labute approximate surface area is 280 Å². The van der Waals surface area contributed by atoms with Gasteiger partial charge in [0.25, 0.3) is 0 Å². The minimum atomic E-state index is -3.92. The molecule has 0 fully saturated rings. The highest BCUT2D eigenvalue weighted by Crippen LogP contribution is 2.27. The first-order chi connectivity index (χ1) is 22.0. The summed E-state index contributed by atoms with van der Waals surface area (Å²) in [7, 11) is -3.92. The minimum absolute atomic E-state index is 0.00409. The summed E-state index contributed by atoms with van der Waals surface area (Å²) in [5.74, 6) is 0.236. The average Bonchev–Trinajstić information content (AvgIpc) is 3.04. The number of nitrogens with zero attached hydrogens (tertiary/aromatic N) is 2. The van der Waals surface area contributed by atoms with E-state index in [2.05, 4.69) is 5.32 Å². The molecular weight excluding hydrogens is 645 g/mol. The Morgan fingerprint density at radius 3 is 2.07 bits per heavy atom. The van der Waals surface area contributed by atoms with Gasteiger partial charge in [-0.15, -0.1) is 0 Å². The Kier molecular flexibility index (Phi) is 12.5. The maximum atomic E-state index is 14.3. The van der Waals surface area contributed by atoms with Crippen LogP contribution in [0, 0.1) is 0 Å². The predicted octanol–water partition coefficient (Wildman–Crippen LogP) is 7.11. The zero-order chi connectivity index (χ0) is 33.1. The van der Waals surface area contributed by atoms with Gasteiger partial charge < -0.3 is 15.0 Å². The maximum absolute atomic E-state index is 14.3. The molecule has 2 amide bonds. The second kappa shape index (κ2) is 16.5. The van der Waals surface area contributed by atoms with Crippen LogP contribution in [0.15, 0.2) is 103 Å². The standard InChI is InChI=1S/C35H37Cl2N3O5S/c1-3-4-21-38-35(42)33(23-26-11-7-5-8-12-26)39(24-27-15-20-31(36)32(37)22-27)34(41)25-40(46(2,43)44)28-16-18-30(19-17-28)45-29-13-9-6-10-14-29/h5-20,22,33H,3-4,21,23-25H2,1-2H3,(H,38,42). The highest BCUT2D eigenvalue weighted by molar-refractivity contribution is 7.92. The summed E-state index contributed by atoms with van der Waals surface area (Å²) in [6, 6.07) is 29.0. The fourth-order valence-electron chi connectivity index (χ4n) is 4.81. The average molecular weight is 683 g/mol. The monoisotopic (exact) mass is 681 g/mol. The van der Waals surface area contributed by atoms with E-state index in [0.717, 1.165) is 29.0 Å². The van der Waals surface area contributed by atoms with Crippen molar-refractivity contribution in [3.8, 4) is 11.5 Å². The van der Waals surface area contributed by atoms with E-state index in [1.165, 1.54) is 4.90 Å². The van der Waals surface area contributed by atoms with E-state index >= 15 is 0 Å². The molecule has 1 unspecified atom stereocenters. The maximum Gasteiger partial charge on any atom is 0.244 e. The van der Waals surface area contributed by atoms with Gasteiger partial charge in [-0.3, -0.25) is 13.9 Å². The number of nitrogens with one attached hydrogen (secondary N) is 1. The number of unbranched alkanes of at least 4 members (excludes halogenated alkanes) is 1. The van der Waals surface area contributed by atoms with E-state index in [-0.39, 0.29) is 24.6 Å². The Balaban J connectivity index is 1.68. The molecule has 0 aliphatic rings. The third-order valence-electron chi connectivity index (χ3n) is 7.22. The molecule has 4 aromatic rings. The molecule has 0 aromatic heterocycles. The molecule has 0 spiro atoms. The zero-order valence-electron chi connectivity index (χ0n) is 25.7. The summed E-state index contributed by atoms with van der Waals surface area (Å²) in [6.45, 7) is 1.93. The van der Waals surface area contributed by atoms with Crippen LogP contribution in [-0.4, -0.2) is 50.5 Å². The van der Waals surface area contributed by atoms with E-state index in [9.17, 15) is 18.0 Å². The van der Waals surface area contributed by atoms with Crippen molar-refractivity contribution in [2.24, 2.45) is 0 Å². The van der Waals surface area contributed by atoms with Gasteiger partial charge in [-0.05, 0) is 66.1 Å². The number of hydrogen-bond donors (Lipinski definition) is 1. The van der Waals surface area contributed by atoms with Gasteiger partial charge in [0.1, 0.15) is 24.1 Å². The second-order valence-electron chi connectivity index (χ2n) is 10.8. The molecule has 11 heteroatoms. The lowest BCUT2D eigenvalue weighted by atomic mass is 10.0. The number of rotatable bonds is 15. The quantitative estimate of drug-likeness (QED) is 0.135. The van der Waals surface area contributed by atoms with Gasteiger partial charge in [0.05, 0.1) is 22.0 Å². The van der Waals surface area contributed by atoms with Crippen molar-refractivity contribution in [2.75, 3.05) is 23.7 Å². The topological polar surface area (TPSA) is 96.0 Å². The molecule has 0 bridgehead atoms. The summed E-state index contributed by atoms with van der Waals surface area (Å²) in [5.41, 5.74) is 1.76. The SMILES string of the molecule is CCCCNC(=O)C(Cc1ccccc1)N(Cc1ccc(Cl)c(Cl)c1)C(=O)CN(c1ccc(Oc2ccccc2)cc1)S(C)(=O)=O. The van der Waals surface area contributed by atoms with Crippen molar-refractivity contribution in [3.63, 3.8) is 0 Å². The third kappa shape index (κ3) is 9.97. The molecule has 1 atom stereocenters. The van der Waals surface area contributed by atoms with Crippen LogP contribution in [0.3, 0.4) is 0 Å². The Hall–Kier alpha value is -4.05. The number of hydrogen-bond acceptors (Lipinski definition) is 5. The van der Waals surface area contributed by atoms with E-state index in [4.69, 9.17) is 27.9 Å². The number of para-hydroxylation sites is 1. The summed E-state index contributed by atoms with van der Waals surface area (Å²) in [6.07, 6.45) is 2.91. The molecule has 0 heterocycles. The fraction of sp³-hybridized carbons (Fsp3) is 0.257. The van der Waals surface area contributed by atoms with Crippen LogP contribution < -0.4 is 14.4 Å². The predicted molar refractivity (Wildman–Crippen MR) is 184 cm³/mol. The Morgan fingerprint density at radius 1 is 0.826 bits per heavy atom. The van der Waals surface area contributed by atoms with Gasteiger partial charge >= 0.3 is 0 Å². The van der Waals surface area contributed by atoms with Gasteiger partial charge in [-0.1, -0.05) is 91.1 Å². The molecule has 0 aliphatic carbocycles. The van der Waals surface area contributed by atoms with Gasteiger partial charge in [-0.2, -0.15) is 0 Å². The van der Waals surface area contributed by atoms with Crippen molar-refractivity contribution < 1.29 is 22.7 Å². The van der Waals surface area contributed by atoms with Crippen LogP contribution in [0.1, 0.15) is 30.9 Å². The lowest BCUT2D eigenvalue weighted by Crippen LogP contribution is -2.53. The first-order valence-corrected chi connectivity index (χ1v) is 17.5. The van der Waals surface area contributed by atoms with Gasteiger partial charge in [-0.25, -0.2) is 8.42 Å². The Bertz CT molecular complexity index is 1710. The molecule has 1 N–H and O–H groups in total. The van der Waals surface area contributed by atoms with E-state index in [1.54, 1.807) is 42.5 Å². The number of benzene rings is 4. The normalized spacial score (nSPS) is 11.8. The van der Waals surface area contributed by atoms with Crippen molar-refractivity contribution in [1.29, 1.82) is 0 Å². The minimum Gasteiger partial charge on any atom is -0.457 e. The summed E-state index contributed by atoms with van der Waals surface area (Å²) in [5, 5.41) is 3.61. The number of carbonyl (C=O) groups is 2. The molecule has 46 heavy (non-hydrogen) atoms. The van der Waals surface area contributed by atoms with Crippen molar-refractivity contribution in [1.82, 2.24) is 10.2 Å². The van der Waals surface area contributed by atoms with Gasteiger partial charge in [0.2, 0.25) is 21.8 Å². The summed E-state index contributed by atoms with van der Waals surface area (Å²) in [4.78, 5) is 29.4. The number of ether oxygens (including phenoxy) is 1. The van der Waals surface area contributed by atoms with Crippen LogP contribution in [0.4, 0.5) is 5.69 Å². The lowest BCUT2D eigenvalue weighted by Gasteiger charge is -2.33. The molecule has 0 saturated carbocycles. The highest BCUT2D eigenvalue weighted by atomic mass is 35.5. The number of carbonyl (C=O) groups excluding carboxylic acids is 2. The van der Waals surface area contributed by atoms with Crippen LogP contribution in [0.25, 0.3) is 0 Å². The van der Waals surface area contributed by atoms with Crippen LogP contribution >= 0.6 is 23.2 Å². The van der Waals surface area contributed by atoms with Crippen LogP contribution in [0.5, 0.6) is 11.5 Å².